The Morgan fingerprint density at radius 3 is 2.56 bits per heavy atom. The largest absolute Gasteiger partial charge is 0.460 e. The van der Waals surface area contributed by atoms with E-state index in [0.717, 1.165) is 0 Å². The summed E-state index contributed by atoms with van der Waals surface area (Å²) in [6.45, 7) is 0.0124. The van der Waals surface area contributed by atoms with Gasteiger partial charge in [0, 0.05) is 12.1 Å². The van der Waals surface area contributed by atoms with Gasteiger partial charge in [-0.3, -0.25) is 14.9 Å². The number of hydrogen-bond donors (Lipinski definition) is 0. The van der Waals surface area contributed by atoms with E-state index in [1.54, 1.807) is 6.07 Å². The fraction of sp³-hybridized carbons (Fsp3) is 0.200. The van der Waals surface area contributed by atoms with Crippen LogP contribution in [0.2, 0.25) is 0 Å². The van der Waals surface area contributed by atoms with Crippen LogP contribution in [0, 0.1) is 21.4 Å². The molecule has 0 N–H and O–H groups in total. The summed E-state index contributed by atoms with van der Waals surface area (Å²) in [5.74, 6) is -0.610. The molecule has 1 aromatic carbocycles. The Hall–Kier alpha value is -2.42. The van der Waals surface area contributed by atoms with Crippen molar-refractivity contribution in [1.29, 1.82) is 5.26 Å². The molecule has 0 aromatic heterocycles. The van der Waals surface area contributed by atoms with E-state index in [-0.39, 0.29) is 18.7 Å². The highest BCUT2D eigenvalue weighted by molar-refractivity contribution is 5.71. The lowest BCUT2D eigenvalue weighted by atomic mass is 10.2. The van der Waals surface area contributed by atoms with E-state index in [1.165, 1.54) is 24.3 Å². The quantitative estimate of drug-likeness (QED) is 0.436. The fourth-order valence-corrected chi connectivity index (χ4v) is 0.993. The minimum absolute atomic E-state index is 0.0124. The molecule has 6 heteroatoms. The second-order valence-corrected chi connectivity index (χ2v) is 2.92. The van der Waals surface area contributed by atoms with Crippen molar-refractivity contribution in [3.05, 3.63) is 39.9 Å². The van der Waals surface area contributed by atoms with Gasteiger partial charge < -0.3 is 4.74 Å². The van der Waals surface area contributed by atoms with Crippen molar-refractivity contribution in [1.82, 2.24) is 0 Å². The molecule has 0 amide bonds. The molecule has 0 aliphatic rings. The molecule has 0 bridgehead atoms. The number of nitro groups is 1. The van der Waals surface area contributed by atoms with Crippen molar-refractivity contribution < 1.29 is 14.5 Å². The number of ether oxygens (including phenoxy) is 1. The molecule has 0 aliphatic heterocycles. The molecule has 0 spiro atoms. The summed E-state index contributed by atoms with van der Waals surface area (Å²) in [5.41, 5.74) is 0.615. The minimum atomic E-state index is -0.610. The van der Waals surface area contributed by atoms with Crippen LogP contribution in [-0.4, -0.2) is 10.9 Å². The summed E-state index contributed by atoms with van der Waals surface area (Å²) in [7, 11) is 0. The van der Waals surface area contributed by atoms with E-state index in [1.807, 2.05) is 0 Å². The third-order valence-electron chi connectivity index (χ3n) is 1.77. The van der Waals surface area contributed by atoms with Gasteiger partial charge in [-0.05, 0) is 17.7 Å². The Morgan fingerprint density at radius 1 is 1.44 bits per heavy atom. The molecule has 82 valence electrons. The van der Waals surface area contributed by atoms with Gasteiger partial charge in [-0.2, -0.15) is 5.26 Å². The fourth-order valence-electron chi connectivity index (χ4n) is 0.993. The number of nitro benzene ring substituents is 1. The van der Waals surface area contributed by atoms with Gasteiger partial charge in [-0.1, -0.05) is 0 Å². The van der Waals surface area contributed by atoms with Crippen molar-refractivity contribution >= 4 is 11.7 Å². The zero-order valence-electron chi connectivity index (χ0n) is 8.25. The van der Waals surface area contributed by atoms with E-state index in [4.69, 9.17) is 10.00 Å². The van der Waals surface area contributed by atoms with Gasteiger partial charge in [-0.15, -0.1) is 0 Å². The number of carbonyl (C=O) groups excluding carboxylic acids is 1. The molecule has 0 fully saturated rings. The molecular formula is C10H8N2O4. The Labute approximate surface area is 91.2 Å². The first-order valence-corrected chi connectivity index (χ1v) is 4.39. The molecule has 0 atom stereocenters. The van der Waals surface area contributed by atoms with Gasteiger partial charge >= 0.3 is 5.97 Å². The Bertz CT molecular complexity index is 433. The average molecular weight is 220 g/mol. The van der Waals surface area contributed by atoms with Crippen LogP contribution in [0.5, 0.6) is 0 Å². The molecule has 16 heavy (non-hydrogen) atoms. The van der Waals surface area contributed by atoms with Gasteiger partial charge in [0.05, 0.1) is 11.0 Å². The Morgan fingerprint density at radius 2 is 2.06 bits per heavy atom. The number of esters is 1. The topological polar surface area (TPSA) is 93.2 Å². The summed E-state index contributed by atoms with van der Waals surface area (Å²) in [4.78, 5) is 20.7. The van der Waals surface area contributed by atoms with Crippen molar-refractivity contribution in [2.24, 2.45) is 0 Å². The molecule has 1 aromatic rings. The summed E-state index contributed by atoms with van der Waals surface area (Å²) in [6.07, 6.45) is -0.299. The zero-order valence-corrected chi connectivity index (χ0v) is 8.25. The van der Waals surface area contributed by atoms with Gasteiger partial charge in [0.25, 0.3) is 5.69 Å². The van der Waals surface area contributed by atoms with Crippen molar-refractivity contribution in [3.63, 3.8) is 0 Å². The first kappa shape index (κ1) is 11.7. The third kappa shape index (κ3) is 3.38. The highest BCUT2D eigenvalue weighted by atomic mass is 16.6. The van der Waals surface area contributed by atoms with Crippen LogP contribution in [0.15, 0.2) is 24.3 Å². The van der Waals surface area contributed by atoms with E-state index in [9.17, 15) is 14.9 Å². The molecule has 6 nitrogen and oxygen atoms in total. The van der Waals surface area contributed by atoms with E-state index >= 15 is 0 Å². The van der Waals surface area contributed by atoms with E-state index < -0.39 is 10.9 Å². The van der Waals surface area contributed by atoms with Crippen LogP contribution in [0.3, 0.4) is 0 Å². The van der Waals surface area contributed by atoms with E-state index in [0.29, 0.717) is 5.56 Å². The first-order chi connectivity index (χ1) is 7.63. The van der Waals surface area contributed by atoms with Crippen molar-refractivity contribution in [2.45, 2.75) is 13.0 Å². The lowest BCUT2D eigenvalue weighted by Crippen LogP contribution is -2.03. The smallest absolute Gasteiger partial charge is 0.320 e. The molecule has 0 saturated carbocycles. The molecule has 0 radical (unpaired) electrons. The summed E-state index contributed by atoms with van der Waals surface area (Å²) >= 11 is 0. The molecular weight excluding hydrogens is 212 g/mol. The number of non-ortho nitro benzene ring substituents is 1. The molecule has 0 heterocycles. The number of hydrogen-bond acceptors (Lipinski definition) is 5. The number of rotatable bonds is 4. The highest BCUT2D eigenvalue weighted by Gasteiger charge is 2.05. The number of benzene rings is 1. The summed E-state index contributed by atoms with van der Waals surface area (Å²) in [5, 5.41) is 18.6. The van der Waals surface area contributed by atoms with Gasteiger partial charge in [0.2, 0.25) is 0 Å². The van der Waals surface area contributed by atoms with Gasteiger partial charge in [-0.25, -0.2) is 0 Å². The summed E-state index contributed by atoms with van der Waals surface area (Å²) < 4.78 is 4.74. The van der Waals surface area contributed by atoms with Crippen LogP contribution < -0.4 is 0 Å². The number of carbonyl (C=O) groups is 1. The van der Waals surface area contributed by atoms with E-state index in [2.05, 4.69) is 0 Å². The van der Waals surface area contributed by atoms with Gasteiger partial charge in [0.15, 0.2) is 0 Å². The summed E-state index contributed by atoms with van der Waals surface area (Å²) in [6, 6.07) is 7.31. The third-order valence-corrected chi connectivity index (χ3v) is 1.77. The molecule has 0 saturated heterocycles. The molecule has 0 aliphatic carbocycles. The second kappa shape index (κ2) is 5.46. The maximum Gasteiger partial charge on any atom is 0.320 e. The van der Waals surface area contributed by atoms with Crippen LogP contribution in [0.4, 0.5) is 5.69 Å². The lowest BCUT2D eigenvalue weighted by molar-refractivity contribution is -0.384. The Balaban J connectivity index is 2.53. The lowest BCUT2D eigenvalue weighted by Gasteiger charge is -2.01. The maximum atomic E-state index is 10.8. The normalized spacial score (nSPS) is 9.19. The van der Waals surface area contributed by atoms with Crippen LogP contribution in [-0.2, 0) is 16.1 Å². The second-order valence-electron chi connectivity index (χ2n) is 2.92. The standard InChI is InChI=1S/C10H8N2O4/c11-6-5-10(13)16-7-8-1-3-9(4-2-8)12(14)15/h1-4H,5,7H2. The minimum Gasteiger partial charge on any atom is -0.460 e. The maximum absolute atomic E-state index is 10.8. The SMILES string of the molecule is N#CCC(=O)OCc1ccc([N+](=O)[O-])cc1. The monoisotopic (exact) mass is 220 g/mol. The number of nitriles is 1. The van der Waals surface area contributed by atoms with Crippen molar-refractivity contribution in [3.8, 4) is 6.07 Å². The zero-order chi connectivity index (χ0) is 12.0. The molecule has 1 rings (SSSR count). The predicted octanol–water partition coefficient (Wildman–Crippen LogP) is 1.55. The molecule has 0 unspecified atom stereocenters. The first-order valence-electron chi connectivity index (χ1n) is 4.39. The average Bonchev–Trinajstić information content (AvgIpc) is 2.27. The number of nitrogens with zero attached hydrogens (tertiary/aromatic N) is 2. The van der Waals surface area contributed by atoms with Crippen LogP contribution in [0.1, 0.15) is 12.0 Å². The Kier molecular flexibility index (Phi) is 3.98. The van der Waals surface area contributed by atoms with Crippen molar-refractivity contribution in [2.75, 3.05) is 0 Å². The highest BCUT2D eigenvalue weighted by Crippen LogP contribution is 2.12. The van der Waals surface area contributed by atoms with Crippen LogP contribution in [0.25, 0.3) is 0 Å². The predicted molar refractivity (Wildman–Crippen MR) is 53.1 cm³/mol. The van der Waals surface area contributed by atoms with Crippen LogP contribution >= 0.6 is 0 Å². The van der Waals surface area contributed by atoms with Gasteiger partial charge in [0.1, 0.15) is 13.0 Å².